The number of hydrogen-bond acceptors (Lipinski definition) is 16. The molecule has 1 fully saturated rings. The van der Waals surface area contributed by atoms with Crippen LogP contribution >= 0.6 is 25.8 Å². The summed E-state index contributed by atoms with van der Waals surface area (Å²) in [4.78, 5) is 42.3. The number of hydrogen-bond donors (Lipinski definition) is 4. The monoisotopic (exact) mass is 680 g/mol. The number of nitrogen functional groups attached to an aromatic ring is 1. The lowest BCUT2D eigenvalue weighted by molar-refractivity contribution is -0.0520. The van der Waals surface area contributed by atoms with Crippen molar-refractivity contribution in [3.05, 3.63) is 28.2 Å². The molecule has 6 rings (SSSR count). The molecule has 2 aliphatic rings. The molecule has 6 atom stereocenters. The Bertz CT molecular complexity index is 1840. The van der Waals surface area contributed by atoms with Gasteiger partial charge in [-0.05, 0) is 11.8 Å². The van der Waals surface area contributed by atoms with Gasteiger partial charge in [-0.1, -0.05) is 17.5 Å². The SMILES string of the molecule is COCc1ncc2nc3n(c2n1)CCOP(O)(=S)OC[C@H]1O[C@@H](n2nnc4c(=O)[nH]c(N)nc42)[C@H](OP(=O)(S)OC3)[C@@H]1F. The minimum Gasteiger partial charge on any atom is -0.377 e. The van der Waals surface area contributed by atoms with Gasteiger partial charge < -0.3 is 33.7 Å². The van der Waals surface area contributed by atoms with E-state index < -0.39 is 56.9 Å². The van der Waals surface area contributed by atoms with Gasteiger partial charge in [-0.3, -0.25) is 18.8 Å². The lowest BCUT2D eigenvalue weighted by Crippen LogP contribution is -2.32. The number of nitrogens with zero attached hydrogens (tertiary/aromatic N) is 8. The van der Waals surface area contributed by atoms with Gasteiger partial charge in [0, 0.05) is 13.7 Å². The number of nitrogens with one attached hydrogen (secondary N) is 1. The zero-order valence-corrected chi connectivity index (χ0v) is 25.4. The van der Waals surface area contributed by atoms with Crippen molar-refractivity contribution < 1.29 is 41.4 Å². The second kappa shape index (κ2) is 11.8. The molecule has 1 saturated heterocycles. The van der Waals surface area contributed by atoms with E-state index in [1.165, 1.54) is 13.3 Å². The summed E-state index contributed by atoms with van der Waals surface area (Å²) in [6.07, 6.45) is -5.27. The Morgan fingerprint density at radius 1 is 1.30 bits per heavy atom. The fourth-order valence-electron chi connectivity index (χ4n) is 4.49. The van der Waals surface area contributed by atoms with E-state index in [-0.39, 0.29) is 42.7 Å². The molecule has 0 spiro atoms. The zero-order chi connectivity index (χ0) is 30.5. The Balaban J connectivity index is 1.37. The van der Waals surface area contributed by atoms with Gasteiger partial charge in [0.1, 0.15) is 36.8 Å². The van der Waals surface area contributed by atoms with Crippen molar-refractivity contribution in [2.24, 2.45) is 0 Å². The maximum atomic E-state index is 15.9. The van der Waals surface area contributed by atoms with Crippen LogP contribution in [-0.4, -0.2) is 88.1 Å². The van der Waals surface area contributed by atoms with E-state index in [0.29, 0.717) is 17.0 Å². The van der Waals surface area contributed by atoms with Crippen LogP contribution < -0.4 is 11.3 Å². The second-order valence-corrected chi connectivity index (χ2v) is 14.9. The van der Waals surface area contributed by atoms with Gasteiger partial charge in [0.15, 0.2) is 35.0 Å². The number of ether oxygens (including phenoxy) is 2. The maximum Gasteiger partial charge on any atom is 0.387 e. The van der Waals surface area contributed by atoms with Crippen molar-refractivity contribution in [1.82, 2.24) is 44.5 Å². The molecule has 0 aliphatic carbocycles. The highest BCUT2D eigenvalue weighted by Gasteiger charge is 2.51. The predicted molar refractivity (Wildman–Crippen MR) is 150 cm³/mol. The Morgan fingerprint density at radius 3 is 2.91 bits per heavy atom. The molecule has 4 aromatic rings. The molecule has 43 heavy (non-hydrogen) atoms. The first kappa shape index (κ1) is 30.5. The second-order valence-electron chi connectivity index (χ2n) is 9.18. The fraction of sp³-hybridized carbons (Fsp3) is 0.526. The molecule has 0 amide bonds. The van der Waals surface area contributed by atoms with Crippen molar-refractivity contribution in [3.63, 3.8) is 0 Å². The van der Waals surface area contributed by atoms with Crippen molar-refractivity contribution in [1.29, 1.82) is 0 Å². The van der Waals surface area contributed by atoms with Crippen LogP contribution in [0.2, 0.25) is 0 Å². The highest BCUT2D eigenvalue weighted by molar-refractivity contribution is 8.44. The number of nitrogens with two attached hydrogens (primary N) is 1. The van der Waals surface area contributed by atoms with Crippen LogP contribution in [0.4, 0.5) is 10.3 Å². The number of H-pyrrole nitrogens is 1. The number of aromatic nitrogens is 9. The molecular formula is C19H23FN10O9P2S2. The summed E-state index contributed by atoms with van der Waals surface area (Å²) < 4.78 is 64.6. The van der Waals surface area contributed by atoms with E-state index in [1.807, 2.05) is 0 Å². The molecule has 0 saturated carbocycles. The number of rotatable bonds is 3. The smallest absolute Gasteiger partial charge is 0.377 e. The molecule has 2 aliphatic heterocycles. The van der Waals surface area contributed by atoms with E-state index in [4.69, 9.17) is 45.1 Å². The van der Waals surface area contributed by atoms with Gasteiger partial charge in [0.05, 0.1) is 19.4 Å². The first-order valence-electron chi connectivity index (χ1n) is 12.3. The molecule has 24 heteroatoms. The molecule has 0 radical (unpaired) electrons. The van der Waals surface area contributed by atoms with Crippen LogP contribution in [0.5, 0.6) is 0 Å². The van der Waals surface area contributed by atoms with Crippen molar-refractivity contribution >= 4 is 65.8 Å². The van der Waals surface area contributed by atoms with Crippen LogP contribution in [0.1, 0.15) is 17.9 Å². The normalized spacial score (nSPS) is 30.7. The topological polar surface area (TPSA) is 239 Å². The number of halogens is 1. The average Bonchev–Trinajstić information content (AvgIpc) is 3.60. The molecule has 4 N–H and O–H groups in total. The standard InChI is InChI=1S/C19H23FN10O9P2S2/c1-34-6-10-22-4-8-15(24-10)29-2-3-35-40(32,42)36-5-9-12(20)14(39-41(33,43)37-7-11(29)23-8)18(38-9)30-16-13(27-28-30)17(31)26-19(21)25-16/h4,9,12,14,18H,2-3,5-7H2,1H3,(H,32,42)(H,33,43)(H3,21,25,26,31)/t9-,12-,14-,18-,40?,41?/m1/s1. The summed E-state index contributed by atoms with van der Waals surface area (Å²) in [7, 11) is 1.49. The van der Waals surface area contributed by atoms with Crippen molar-refractivity contribution in [2.75, 3.05) is 26.1 Å². The molecule has 2 unspecified atom stereocenters. The summed E-state index contributed by atoms with van der Waals surface area (Å²) in [6, 6.07) is 0. The van der Waals surface area contributed by atoms with E-state index in [0.717, 1.165) is 4.68 Å². The van der Waals surface area contributed by atoms with Crippen LogP contribution in [-0.2, 0) is 63.7 Å². The van der Waals surface area contributed by atoms with Crippen LogP contribution in [0, 0.1) is 0 Å². The van der Waals surface area contributed by atoms with Gasteiger partial charge in [-0.15, -0.1) is 5.10 Å². The lowest BCUT2D eigenvalue weighted by atomic mass is 10.1. The van der Waals surface area contributed by atoms with E-state index in [9.17, 15) is 14.3 Å². The van der Waals surface area contributed by atoms with Crippen molar-refractivity contribution in [2.45, 2.75) is 44.4 Å². The third kappa shape index (κ3) is 6.22. The lowest BCUT2D eigenvalue weighted by Gasteiger charge is -2.23. The van der Waals surface area contributed by atoms with Gasteiger partial charge >= 0.3 is 13.5 Å². The summed E-state index contributed by atoms with van der Waals surface area (Å²) in [5, 5.41) is 7.61. The van der Waals surface area contributed by atoms with Gasteiger partial charge in [-0.25, -0.2) is 23.9 Å². The minimum atomic E-state index is -4.37. The highest BCUT2D eigenvalue weighted by Crippen LogP contribution is 2.57. The molecule has 19 nitrogen and oxygen atoms in total. The maximum absolute atomic E-state index is 15.9. The van der Waals surface area contributed by atoms with Gasteiger partial charge in [-0.2, -0.15) is 9.67 Å². The van der Waals surface area contributed by atoms with E-state index in [1.54, 1.807) is 4.57 Å². The molecule has 4 aromatic heterocycles. The first-order valence-corrected chi connectivity index (χ1v) is 17.6. The predicted octanol–water partition coefficient (Wildman–Crippen LogP) is 0.522. The number of fused-ring (bicyclic) bond motifs is 6. The van der Waals surface area contributed by atoms with Crippen LogP contribution in [0.25, 0.3) is 22.3 Å². The zero-order valence-electron chi connectivity index (χ0n) is 21.9. The van der Waals surface area contributed by atoms with Gasteiger partial charge in [0.25, 0.3) is 5.56 Å². The number of alkyl halides is 1. The molecule has 2 bridgehead atoms. The van der Waals surface area contributed by atoms with Crippen LogP contribution in [0.3, 0.4) is 0 Å². The Hall–Kier alpha value is -2.49. The molecular weight excluding hydrogens is 657 g/mol. The summed E-state index contributed by atoms with van der Waals surface area (Å²) in [5.41, 5.74) is 5.29. The number of aromatic amines is 1. The summed E-state index contributed by atoms with van der Waals surface area (Å²) >= 11 is 9.16. The molecule has 6 heterocycles. The quantitative estimate of drug-likeness (QED) is 0.170. The number of imidazole rings is 1. The third-order valence-corrected chi connectivity index (χ3v) is 9.54. The third-order valence-electron chi connectivity index (χ3n) is 6.33. The highest BCUT2D eigenvalue weighted by atomic mass is 32.7. The Kier molecular flexibility index (Phi) is 8.37. The number of anilines is 1. The van der Waals surface area contributed by atoms with E-state index in [2.05, 4.69) is 47.5 Å². The largest absolute Gasteiger partial charge is 0.387 e. The molecule has 232 valence electrons. The van der Waals surface area contributed by atoms with Gasteiger partial charge in [0.2, 0.25) is 5.95 Å². The molecule has 0 aromatic carbocycles. The van der Waals surface area contributed by atoms with Crippen LogP contribution in [0.15, 0.2) is 11.0 Å². The fourth-order valence-corrected chi connectivity index (χ4v) is 6.98. The Labute approximate surface area is 250 Å². The number of methoxy groups -OCH3 is 1. The summed E-state index contributed by atoms with van der Waals surface area (Å²) in [5.74, 6) is 0.299. The number of thiol groups is 1. The minimum absolute atomic E-state index is 0.0592. The first-order chi connectivity index (χ1) is 20.4. The summed E-state index contributed by atoms with van der Waals surface area (Å²) in [6.45, 7) is -9.30. The van der Waals surface area contributed by atoms with E-state index >= 15 is 4.39 Å². The Morgan fingerprint density at radius 2 is 2.12 bits per heavy atom. The van der Waals surface area contributed by atoms with Crippen molar-refractivity contribution in [3.8, 4) is 0 Å². The average molecular weight is 681 g/mol.